The monoisotopic (exact) mass is 192 g/mol. The third-order valence-corrected chi connectivity index (χ3v) is 1.58. The molecule has 0 aliphatic rings. The summed E-state index contributed by atoms with van der Waals surface area (Å²) in [5.41, 5.74) is 0.960. The first-order valence-electron chi connectivity index (χ1n) is 3.97. The summed E-state index contributed by atoms with van der Waals surface area (Å²) < 4.78 is 35.0. The molecule has 0 atom stereocenters. The Morgan fingerprint density at radius 3 is 2.69 bits per heavy atom. The van der Waals surface area contributed by atoms with Gasteiger partial charge in [-0.1, -0.05) is 0 Å². The molecular formula is C8H11F3N2. The van der Waals surface area contributed by atoms with Crippen LogP contribution in [0.1, 0.15) is 12.0 Å². The third-order valence-electron chi connectivity index (χ3n) is 1.58. The number of nitrogens with one attached hydrogen (secondary N) is 2. The first-order valence-corrected chi connectivity index (χ1v) is 3.97. The van der Waals surface area contributed by atoms with Crippen molar-refractivity contribution >= 4 is 0 Å². The smallest absolute Gasteiger partial charge is 0.367 e. The third kappa shape index (κ3) is 4.57. The fourth-order valence-corrected chi connectivity index (χ4v) is 0.931. The summed E-state index contributed by atoms with van der Waals surface area (Å²) in [6, 6.07) is 1.82. The topological polar surface area (TPSA) is 27.8 Å². The molecule has 74 valence electrons. The van der Waals surface area contributed by atoms with Crippen LogP contribution in [0.4, 0.5) is 13.2 Å². The lowest BCUT2D eigenvalue weighted by Gasteiger charge is -2.06. The number of rotatable bonds is 4. The zero-order valence-corrected chi connectivity index (χ0v) is 6.99. The fraction of sp³-hybridized carbons (Fsp3) is 0.500. The van der Waals surface area contributed by atoms with Crippen LogP contribution in [0.15, 0.2) is 18.5 Å². The van der Waals surface area contributed by atoms with Gasteiger partial charge in [0.1, 0.15) is 0 Å². The molecule has 0 aliphatic carbocycles. The van der Waals surface area contributed by atoms with Crippen molar-refractivity contribution in [1.82, 2.24) is 10.3 Å². The normalized spacial score (nSPS) is 11.9. The van der Waals surface area contributed by atoms with E-state index in [1.807, 2.05) is 6.07 Å². The molecule has 0 saturated carbocycles. The predicted octanol–water partition coefficient (Wildman–Crippen LogP) is 2.06. The summed E-state index contributed by atoms with van der Waals surface area (Å²) in [7, 11) is 0. The van der Waals surface area contributed by atoms with Gasteiger partial charge in [-0.2, -0.15) is 13.2 Å². The Balaban J connectivity index is 2.09. The molecule has 1 rings (SSSR count). The van der Waals surface area contributed by atoms with Gasteiger partial charge >= 0.3 is 6.18 Å². The van der Waals surface area contributed by atoms with Crippen LogP contribution in [-0.2, 0) is 6.54 Å². The lowest BCUT2D eigenvalue weighted by Crippen LogP contribution is -2.21. The molecule has 1 aromatic rings. The summed E-state index contributed by atoms with van der Waals surface area (Å²) in [6.07, 6.45) is -1.36. The van der Waals surface area contributed by atoms with Gasteiger partial charge in [0.15, 0.2) is 0 Å². The minimum Gasteiger partial charge on any atom is -0.367 e. The number of hydrogen-bond donors (Lipinski definition) is 2. The van der Waals surface area contributed by atoms with E-state index in [1.165, 1.54) is 0 Å². The number of aromatic amines is 1. The number of alkyl halides is 3. The van der Waals surface area contributed by atoms with Crippen LogP contribution in [-0.4, -0.2) is 17.7 Å². The molecule has 0 unspecified atom stereocenters. The van der Waals surface area contributed by atoms with E-state index >= 15 is 0 Å². The van der Waals surface area contributed by atoms with Crippen LogP contribution in [0.5, 0.6) is 0 Å². The van der Waals surface area contributed by atoms with Gasteiger partial charge in [-0.25, -0.2) is 0 Å². The molecular weight excluding hydrogens is 181 g/mol. The molecule has 0 aromatic carbocycles. The summed E-state index contributed by atoms with van der Waals surface area (Å²) in [5, 5.41) is 2.70. The molecule has 2 nitrogen and oxygen atoms in total. The molecule has 13 heavy (non-hydrogen) atoms. The summed E-state index contributed by atoms with van der Waals surface area (Å²) in [4.78, 5) is 2.82. The van der Waals surface area contributed by atoms with Gasteiger partial charge in [-0.15, -0.1) is 0 Å². The molecule has 0 aliphatic heterocycles. The van der Waals surface area contributed by atoms with E-state index in [0.29, 0.717) is 6.54 Å². The maximum absolute atomic E-state index is 11.7. The Kier molecular flexibility index (Phi) is 3.36. The zero-order chi connectivity index (χ0) is 9.73. The molecule has 1 aromatic heterocycles. The highest BCUT2D eigenvalue weighted by molar-refractivity contribution is 5.07. The van der Waals surface area contributed by atoms with Crippen LogP contribution < -0.4 is 5.32 Å². The van der Waals surface area contributed by atoms with E-state index in [9.17, 15) is 13.2 Å². The van der Waals surface area contributed by atoms with Crippen molar-refractivity contribution in [2.75, 3.05) is 6.54 Å². The molecule has 0 spiro atoms. The highest BCUT2D eigenvalue weighted by Gasteiger charge is 2.25. The van der Waals surface area contributed by atoms with E-state index in [1.54, 1.807) is 12.4 Å². The maximum Gasteiger partial charge on any atom is 0.390 e. The Hall–Kier alpha value is -0.970. The quantitative estimate of drug-likeness (QED) is 0.702. The zero-order valence-electron chi connectivity index (χ0n) is 6.99. The highest BCUT2D eigenvalue weighted by Crippen LogP contribution is 2.18. The Morgan fingerprint density at radius 2 is 2.15 bits per heavy atom. The second-order valence-electron chi connectivity index (χ2n) is 2.76. The van der Waals surface area contributed by atoms with Crippen molar-refractivity contribution in [3.05, 3.63) is 24.0 Å². The predicted molar refractivity (Wildman–Crippen MR) is 43.2 cm³/mol. The second kappa shape index (κ2) is 4.32. The van der Waals surface area contributed by atoms with E-state index in [0.717, 1.165) is 5.56 Å². The standard InChI is InChI=1S/C8H11F3N2/c9-8(10,11)2-4-13-6-7-1-3-12-5-7/h1,3,5,12-13H,2,4,6H2. The second-order valence-corrected chi connectivity index (χ2v) is 2.76. The maximum atomic E-state index is 11.7. The average molecular weight is 192 g/mol. The SMILES string of the molecule is FC(F)(F)CCNCc1cc[nH]c1. The lowest BCUT2D eigenvalue weighted by molar-refractivity contribution is -0.133. The Bertz CT molecular complexity index is 228. The van der Waals surface area contributed by atoms with Crippen LogP contribution in [0.3, 0.4) is 0 Å². The number of H-pyrrole nitrogens is 1. The summed E-state index contributed by atoms with van der Waals surface area (Å²) >= 11 is 0. The summed E-state index contributed by atoms with van der Waals surface area (Å²) in [5.74, 6) is 0. The Labute approximate surface area is 74.1 Å². The minimum absolute atomic E-state index is 0.0331. The van der Waals surface area contributed by atoms with Gasteiger partial charge in [-0.05, 0) is 11.6 Å². The number of hydrogen-bond acceptors (Lipinski definition) is 1. The summed E-state index contributed by atoms with van der Waals surface area (Å²) in [6.45, 7) is 0.439. The van der Waals surface area contributed by atoms with E-state index < -0.39 is 12.6 Å². The van der Waals surface area contributed by atoms with E-state index in [2.05, 4.69) is 10.3 Å². The molecule has 1 heterocycles. The van der Waals surface area contributed by atoms with E-state index in [-0.39, 0.29) is 6.54 Å². The van der Waals surface area contributed by atoms with Crippen molar-refractivity contribution in [3.8, 4) is 0 Å². The molecule has 2 N–H and O–H groups in total. The van der Waals surface area contributed by atoms with Crippen molar-refractivity contribution in [2.45, 2.75) is 19.1 Å². The Morgan fingerprint density at radius 1 is 1.38 bits per heavy atom. The number of halogens is 3. The molecule has 0 bridgehead atoms. The molecule has 0 radical (unpaired) electrons. The highest BCUT2D eigenvalue weighted by atomic mass is 19.4. The van der Waals surface area contributed by atoms with Crippen LogP contribution >= 0.6 is 0 Å². The van der Waals surface area contributed by atoms with Crippen molar-refractivity contribution < 1.29 is 13.2 Å². The molecule has 5 heteroatoms. The van der Waals surface area contributed by atoms with Gasteiger partial charge in [0.25, 0.3) is 0 Å². The molecule has 0 fully saturated rings. The fourth-order valence-electron chi connectivity index (χ4n) is 0.931. The lowest BCUT2D eigenvalue weighted by atomic mass is 10.3. The van der Waals surface area contributed by atoms with Crippen molar-refractivity contribution in [3.63, 3.8) is 0 Å². The first-order chi connectivity index (χ1) is 6.08. The van der Waals surface area contributed by atoms with E-state index in [4.69, 9.17) is 0 Å². The molecule has 0 amide bonds. The van der Waals surface area contributed by atoms with Gasteiger partial charge in [0, 0.05) is 25.5 Å². The first kappa shape index (κ1) is 10.1. The van der Waals surface area contributed by atoms with Crippen LogP contribution in [0, 0.1) is 0 Å². The van der Waals surface area contributed by atoms with Gasteiger partial charge < -0.3 is 10.3 Å². The van der Waals surface area contributed by atoms with Crippen molar-refractivity contribution in [1.29, 1.82) is 0 Å². The van der Waals surface area contributed by atoms with Gasteiger partial charge in [0.05, 0.1) is 6.42 Å². The minimum atomic E-state index is -4.06. The molecule has 0 saturated heterocycles. The van der Waals surface area contributed by atoms with Crippen LogP contribution in [0.25, 0.3) is 0 Å². The van der Waals surface area contributed by atoms with Gasteiger partial charge in [-0.3, -0.25) is 0 Å². The van der Waals surface area contributed by atoms with Crippen molar-refractivity contribution in [2.24, 2.45) is 0 Å². The number of aromatic nitrogens is 1. The largest absolute Gasteiger partial charge is 0.390 e. The van der Waals surface area contributed by atoms with Gasteiger partial charge in [0.2, 0.25) is 0 Å². The van der Waals surface area contributed by atoms with Crippen LogP contribution in [0.2, 0.25) is 0 Å². The average Bonchev–Trinajstić information content (AvgIpc) is 2.48.